The Kier molecular flexibility index (Phi) is 18.1. The van der Waals surface area contributed by atoms with Crippen LogP contribution in [0.25, 0.3) is 0 Å². The zero-order valence-corrected chi connectivity index (χ0v) is 34.4. The summed E-state index contributed by atoms with van der Waals surface area (Å²) in [4.78, 5) is 0. The van der Waals surface area contributed by atoms with E-state index in [1.807, 2.05) is 24.3 Å². The summed E-state index contributed by atoms with van der Waals surface area (Å²) in [7, 11) is 2.81. The van der Waals surface area contributed by atoms with Gasteiger partial charge in [0.1, 0.15) is 19.3 Å². The van der Waals surface area contributed by atoms with Crippen molar-refractivity contribution in [3.63, 3.8) is 0 Å². The van der Waals surface area contributed by atoms with Crippen molar-refractivity contribution >= 4 is 30.9 Å². The van der Waals surface area contributed by atoms with E-state index < -0.39 is 14.6 Å². The van der Waals surface area contributed by atoms with Crippen LogP contribution in [0.3, 0.4) is 0 Å². The second kappa shape index (κ2) is 20.1. The van der Waals surface area contributed by atoms with E-state index in [-0.39, 0.29) is 66.7 Å². The minimum Gasteiger partial charge on any atom is -0.497 e. The van der Waals surface area contributed by atoms with Gasteiger partial charge >= 0.3 is 0 Å². The Morgan fingerprint density at radius 2 is 1.60 bits per heavy atom. The summed E-state index contributed by atoms with van der Waals surface area (Å²) in [6.07, 6.45) is 6.32. The van der Waals surface area contributed by atoms with Gasteiger partial charge in [0, 0.05) is 49.9 Å². The first kappa shape index (κ1) is 42.3. The fourth-order valence-electron chi connectivity index (χ4n) is 5.75. The summed E-state index contributed by atoms with van der Waals surface area (Å²) >= 11 is 2.35. The lowest BCUT2D eigenvalue weighted by Crippen LogP contribution is -2.50. The number of allylic oxidation sites excluding steroid dienone is 1. The predicted molar refractivity (Wildman–Crippen MR) is 200 cm³/mol. The Morgan fingerprint density at radius 1 is 0.979 bits per heavy atom. The van der Waals surface area contributed by atoms with Crippen molar-refractivity contribution in [1.29, 1.82) is 0 Å². The van der Waals surface area contributed by atoms with Gasteiger partial charge in [-0.3, -0.25) is 0 Å². The van der Waals surface area contributed by atoms with E-state index in [2.05, 4.69) is 109 Å². The van der Waals surface area contributed by atoms with Crippen LogP contribution in [-0.2, 0) is 32.8 Å². The smallest absolute Gasteiger partial charge is 0.192 e. The van der Waals surface area contributed by atoms with Gasteiger partial charge < -0.3 is 37.6 Å². The highest BCUT2D eigenvalue weighted by Gasteiger charge is 2.44. The summed E-state index contributed by atoms with van der Waals surface area (Å²) in [5.41, 5.74) is 0.974. The SMILES string of the molecule is COCO[C@@H]([C@@H](C)/C=C\[C@H](C[C@H](O[Si](C)(C)C(C)(C)C)[C@H](C)[C@@H]1O[C@H](c2ccc(OC)cc2)OC[C@@H]1C)OCOC)[C@@H](C)/C=C(/C)I. The third-order valence-corrected chi connectivity index (χ3v) is 14.4. The monoisotopic (exact) mass is 790 g/mol. The number of hydrogen-bond acceptors (Lipinski definition) is 8. The molecule has 0 aromatic heterocycles. The number of methoxy groups -OCH3 is 3. The molecule has 1 fully saturated rings. The lowest BCUT2D eigenvalue weighted by Gasteiger charge is -2.45. The topological polar surface area (TPSA) is 73.8 Å². The number of halogens is 1. The van der Waals surface area contributed by atoms with E-state index in [1.165, 1.54) is 3.58 Å². The molecule has 0 amide bonds. The van der Waals surface area contributed by atoms with Gasteiger partial charge in [-0.25, -0.2) is 0 Å². The number of hydrogen-bond donors (Lipinski definition) is 0. The number of ether oxygens (including phenoxy) is 7. The van der Waals surface area contributed by atoms with Gasteiger partial charge in [0.05, 0.1) is 38.1 Å². The second-order valence-electron chi connectivity index (χ2n) is 14.5. The van der Waals surface area contributed by atoms with Gasteiger partial charge in [0.2, 0.25) is 0 Å². The molecular weight excluding hydrogens is 727 g/mol. The second-order valence-corrected chi connectivity index (χ2v) is 21.0. The highest BCUT2D eigenvalue weighted by molar-refractivity contribution is 14.1. The molecule has 1 aliphatic heterocycles. The third kappa shape index (κ3) is 13.4. The van der Waals surface area contributed by atoms with Crippen molar-refractivity contribution < 1.29 is 37.6 Å². The largest absolute Gasteiger partial charge is 0.497 e. The fourth-order valence-corrected chi connectivity index (χ4v) is 7.73. The molecule has 270 valence electrons. The first-order valence-corrected chi connectivity index (χ1v) is 20.8. The van der Waals surface area contributed by atoms with Crippen LogP contribution in [0.1, 0.15) is 73.7 Å². The molecule has 0 N–H and O–H groups in total. The van der Waals surface area contributed by atoms with Crippen LogP contribution in [0.4, 0.5) is 0 Å². The van der Waals surface area contributed by atoms with Crippen molar-refractivity contribution in [2.75, 3.05) is 41.5 Å². The summed E-state index contributed by atoms with van der Waals surface area (Å²) in [5.74, 6) is 1.38. The Bertz CT molecular complexity index is 1080. The summed E-state index contributed by atoms with van der Waals surface area (Å²) in [5, 5.41) is 0.0400. The normalized spacial score (nSPS) is 23.7. The van der Waals surface area contributed by atoms with Crippen molar-refractivity contribution in [1.82, 2.24) is 0 Å². The Balaban J connectivity index is 2.40. The Morgan fingerprint density at radius 3 is 2.15 bits per heavy atom. The summed E-state index contributed by atoms with van der Waals surface area (Å²) in [6.45, 7) is 23.4. The van der Waals surface area contributed by atoms with Crippen LogP contribution >= 0.6 is 22.6 Å². The third-order valence-electron chi connectivity index (χ3n) is 9.50. The molecule has 0 aliphatic carbocycles. The fraction of sp³-hybridized carbons (Fsp3) is 0.730. The first-order chi connectivity index (χ1) is 22.0. The standard InChI is InChI=1S/C37H63IO8Si/c1-25(34(44-24-40-10)26(2)20-28(4)38)14-17-32(43-23-39-9)21-33(46-47(12,13)37(6,7)8)29(5)35-27(3)22-42-36(45-35)30-15-18-31(41-11)19-16-30/h14-20,25-27,29,32-36H,21-24H2,1-13H3/b17-14-,28-20-/t25-,26-,27-,29-,32+,33-,34-,35+,36+/m0/s1. The molecule has 47 heavy (non-hydrogen) atoms. The van der Waals surface area contributed by atoms with E-state index in [1.54, 1.807) is 21.3 Å². The molecule has 8 nitrogen and oxygen atoms in total. The maximum atomic E-state index is 7.23. The lowest BCUT2D eigenvalue weighted by molar-refractivity contribution is -0.256. The molecule has 1 aromatic carbocycles. The molecule has 0 spiro atoms. The average molecular weight is 791 g/mol. The molecule has 1 aliphatic rings. The Hall–Kier alpha value is -0.833. The van der Waals surface area contributed by atoms with Crippen LogP contribution in [0.15, 0.2) is 46.1 Å². The van der Waals surface area contributed by atoms with Crippen LogP contribution in [-0.4, -0.2) is 74.3 Å². The molecule has 0 bridgehead atoms. The summed E-state index contributed by atoms with van der Waals surface area (Å²) in [6, 6.07) is 7.90. The minimum atomic E-state index is -2.17. The number of rotatable bonds is 19. The average Bonchev–Trinajstić information content (AvgIpc) is 3.01. The molecule has 1 aromatic rings. The molecule has 0 radical (unpaired) electrons. The van der Waals surface area contributed by atoms with Crippen LogP contribution in [0.2, 0.25) is 18.1 Å². The van der Waals surface area contributed by atoms with Gasteiger partial charge in [0.25, 0.3) is 0 Å². The van der Waals surface area contributed by atoms with Gasteiger partial charge in [-0.1, -0.05) is 78.8 Å². The number of benzene rings is 1. The van der Waals surface area contributed by atoms with E-state index >= 15 is 0 Å². The molecule has 10 heteroatoms. The first-order valence-electron chi connectivity index (χ1n) is 16.9. The Labute approximate surface area is 300 Å². The van der Waals surface area contributed by atoms with Gasteiger partial charge in [-0.15, -0.1) is 0 Å². The van der Waals surface area contributed by atoms with Crippen molar-refractivity contribution in [2.45, 2.75) is 111 Å². The van der Waals surface area contributed by atoms with Crippen LogP contribution in [0.5, 0.6) is 5.75 Å². The molecule has 0 saturated carbocycles. The highest BCUT2D eigenvalue weighted by Crippen LogP contribution is 2.41. The lowest BCUT2D eigenvalue weighted by atomic mass is 9.86. The van der Waals surface area contributed by atoms with E-state index in [9.17, 15) is 0 Å². The van der Waals surface area contributed by atoms with Crippen molar-refractivity contribution in [3.8, 4) is 5.75 Å². The molecule has 1 saturated heterocycles. The van der Waals surface area contributed by atoms with Gasteiger partial charge in [-0.2, -0.15) is 0 Å². The van der Waals surface area contributed by atoms with E-state index in [4.69, 9.17) is 37.6 Å². The van der Waals surface area contributed by atoms with Crippen LogP contribution in [0, 0.1) is 23.7 Å². The zero-order valence-electron chi connectivity index (χ0n) is 31.2. The molecule has 0 unspecified atom stereocenters. The molecule has 2 rings (SSSR count). The zero-order chi connectivity index (χ0) is 35.4. The summed E-state index contributed by atoms with van der Waals surface area (Å²) < 4.78 is 49.9. The van der Waals surface area contributed by atoms with Gasteiger partial charge in [-0.05, 0) is 63.4 Å². The quantitative estimate of drug-likeness (QED) is 0.0595. The van der Waals surface area contributed by atoms with E-state index in [0.29, 0.717) is 13.0 Å². The van der Waals surface area contributed by atoms with Gasteiger partial charge in [0.15, 0.2) is 14.6 Å². The minimum absolute atomic E-state index is 0.0400. The van der Waals surface area contributed by atoms with Crippen molar-refractivity contribution in [3.05, 3.63) is 51.6 Å². The molecule has 9 atom stereocenters. The van der Waals surface area contributed by atoms with Crippen LogP contribution < -0.4 is 4.74 Å². The van der Waals surface area contributed by atoms with E-state index in [0.717, 1.165) is 11.3 Å². The van der Waals surface area contributed by atoms with Crippen molar-refractivity contribution in [2.24, 2.45) is 23.7 Å². The highest BCUT2D eigenvalue weighted by atomic mass is 127. The molecule has 1 heterocycles. The predicted octanol–water partition coefficient (Wildman–Crippen LogP) is 9.31. The maximum Gasteiger partial charge on any atom is 0.192 e. The molecular formula is C37H63IO8Si. The maximum absolute atomic E-state index is 7.23.